The van der Waals surface area contributed by atoms with Crippen molar-refractivity contribution in [2.45, 2.75) is 18.2 Å². The summed E-state index contributed by atoms with van der Waals surface area (Å²) in [7, 11) is -2.46. The van der Waals surface area contributed by atoms with E-state index in [0.717, 1.165) is 0 Å². The maximum atomic E-state index is 12.4. The average molecular weight is 296 g/mol. The Morgan fingerprint density at radius 2 is 2.15 bits per heavy atom. The second-order valence-corrected chi connectivity index (χ2v) is 5.90. The Labute approximate surface area is 118 Å². The fourth-order valence-electron chi connectivity index (χ4n) is 1.64. The topological polar surface area (TPSA) is 87.5 Å². The lowest BCUT2D eigenvalue weighted by atomic mass is 10.2. The van der Waals surface area contributed by atoms with Crippen LogP contribution in [0.3, 0.4) is 0 Å². The molecule has 0 aliphatic rings. The summed E-state index contributed by atoms with van der Waals surface area (Å²) in [6.07, 6.45) is -0.0124. The molecule has 0 aliphatic heterocycles. The summed E-state index contributed by atoms with van der Waals surface area (Å²) >= 11 is 0. The number of rotatable bonds is 6. The molecule has 108 valence electrons. The highest BCUT2D eigenvalue weighted by Crippen LogP contribution is 2.17. The maximum Gasteiger partial charge on any atom is 0.306 e. The second kappa shape index (κ2) is 7.03. The van der Waals surface area contributed by atoms with E-state index < -0.39 is 16.0 Å². The van der Waals surface area contributed by atoms with Crippen LogP contribution in [-0.2, 0) is 19.6 Å². The molecule has 1 rings (SSSR count). The lowest BCUT2D eigenvalue weighted by molar-refractivity contribution is -0.140. The van der Waals surface area contributed by atoms with Crippen molar-refractivity contribution in [1.82, 2.24) is 4.31 Å². The minimum Gasteiger partial charge on any atom is -0.469 e. The lowest BCUT2D eigenvalue weighted by Crippen LogP contribution is -2.33. The fraction of sp³-hybridized carbons (Fsp3) is 0.385. The molecule has 0 spiro atoms. The van der Waals surface area contributed by atoms with Gasteiger partial charge in [0.2, 0.25) is 10.0 Å². The third kappa shape index (κ3) is 3.79. The molecule has 0 heterocycles. The highest BCUT2D eigenvalue weighted by Gasteiger charge is 2.23. The van der Waals surface area contributed by atoms with E-state index in [1.165, 1.54) is 35.7 Å². The van der Waals surface area contributed by atoms with Crippen molar-refractivity contribution in [3.63, 3.8) is 0 Å². The van der Waals surface area contributed by atoms with Gasteiger partial charge in [-0.25, -0.2) is 8.42 Å². The quantitative estimate of drug-likeness (QED) is 0.734. The maximum absolute atomic E-state index is 12.4. The zero-order valence-electron chi connectivity index (χ0n) is 11.4. The average Bonchev–Trinajstić information content (AvgIpc) is 2.47. The Morgan fingerprint density at radius 1 is 1.45 bits per heavy atom. The number of sulfonamides is 1. The van der Waals surface area contributed by atoms with E-state index in [-0.39, 0.29) is 30.0 Å². The van der Waals surface area contributed by atoms with Crippen molar-refractivity contribution in [2.75, 3.05) is 20.2 Å². The second-order valence-electron chi connectivity index (χ2n) is 3.96. The van der Waals surface area contributed by atoms with E-state index in [1.807, 2.05) is 6.07 Å². The monoisotopic (exact) mass is 296 g/mol. The molecule has 0 saturated heterocycles. The number of hydrogen-bond acceptors (Lipinski definition) is 5. The van der Waals surface area contributed by atoms with E-state index in [0.29, 0.717) is 0 Å². The van der Waals surface area contributed by atoms with Gasteiger partial charge in [0.15, 0.2) is 0 Å². The molecule has 6 nitrogen and oxygen atoms in total. The number of methoxy groups -OCH3 is 1. The minimum atomic E-state index is -3.71. The highest BCUT2D eigenvalue weighted by atomic mass is 32.2. The third-order valence-corrected chi connectivity index (χ3v) is 4.72. The summed E-state index contributed by atoms with van der Waals surface area (Å²) in [5, 5.41) is 8.81. The van der Waals surface area contributed by atoms with Gasteiger partial charge in [-0.2, -0.15) is 9.57 Å². The van der Waals surface area contributed by atoms with Gasteiger partial charge in [-0.15, -0.1) is 0 Å². The molecule has 0 unspecified atom stereocenters. The molecular weight excluding hydrogens is 280 g/mol. The normalized spacial score (nSPS) is 11.1. The summed E-state index contributed by atoms with van der Waals surface area (Å²) < 4.78 is 30.5. The predicted molar refractivity (Wildman–Crippen MR) is 72.2 cm³/mol. The van der Waals surface area contributed by atoms with Gasteiger partial charge in [-0.3, -0.25) is 4.79 Å². The van der Waals surface area contributed by atoms with Crippen molar-refractivity contribution in [1.29, 1.82) is 5.26 Å². The first-order chi connectivity index (χ1) is 9.45. The summed E-state index contributed by atoms with van der Waals surface area (Å²) in [4.78, 5) is 11.2. The molecule has 0 radical (unpaired) electrons. The number of hydrogen-bond donors (Lipinski definition) is 0. The number of nitrogens with zero attached hydrogens (tertiary/aromatic N) is 2. The van der Waals surface area contributed by atoms with Crippen LogP contribution in [0.15, 0.2) is 29.2 Å². The van der Waals surface area contributed by atoms with Crippen molar-refractivity contribution < 1.29 is 17.9 Å². The summed E-state index contributed by atoms with van der Waals surface area (Å²) in [6.45, 7) is 1.96. The van der Waals surface area contributed by atoms with Crippen LogP contribution in [0, 0.1) is 11.3 Å². The van der Waals surface area contributed by atoms with Crippen LogP contribution in [0.1, 0.15) is 18.9 Å². The molecule has 0 atom stereocenters. The third-order valence-electron chi connectivity index (χ3n) is 2.75. The van der Waals surface area contributed by atoms with E-state index in [1.54, 1.807) is 6.92 Å². The van der Waals surface area contributed by atoms with Crippen LogP contribution < -0.4 is 0 Å². The molecule has 0 N–H and O–H groups in total. The van der Waals surface area contributed by atoms with Crippen molar-refractivity contribution >= 4 is 16.0 Å². The number of benzene rings is 1. The summed E-state index contributed by atoms with van der Waals surface area (Å²) in [5.74, 6) is -0.468. The van der Waals surface area contributed by atoms with E-state index in [4.69, 9.17) is 5.26 Å². The van der Waals surface area contributed by atoms with Crippen molar-refractivity contribution in [2.24, 2.45) is 0 Å². The van der Waals surface area contributed by atoms with Gasteiger partial charge in [-0.1, -0.05) is 13.0 Å². The highest BCUT2D eigenvalue weighted by molar-refractivity contribution is 7.89. The first-order valence-electron chi connectivity index (χ1n) is 6.02. The van der Waals surface area contributed by atoms with Crippen LogP contribution >= 0.6 is 0 Å². The lowest BCUT2D eigenvalue weighted by Gasteiger charge is -2.20. The van der Waals surface area contributed by atoms with Crippen LogP contribution in [0.25, 0.3) is 0 Å². The number of esters is 1. The van der Waals surface area contributed by atoms with Crippen molar-refractivity contribution in [3.8, 4) is 6.07 Å². The fourth-order valence-corrected chi connectivity index (χ4v) is 3.14. The van der Waals surface area contributed by atoms with Gasteiger partial charge in [0.1, 0.15) is 0 Å². The van der Waals surface area contributed by atoms with Gasteiger partial charge in [0, 0.05) is 13.1 Å². The molecule has 1 aromatic rings. The zero-order valence-corrected chi connectivity index (χ0v) is 12.2. The molecule has 0 aromatic heterocycles. The predicted octanol–water partition coefficient (Wildman–Crippen LogP) is 1.13. The van der Waals surface area contributed by atoms with Crippen LogP contribution in [0.5, 0.6) is 0 Å². The first-order valence-corrected chi connectivity index (χ1v) is 7.46. The van der Waals surface area contributed by atoms with E-state index in [9.17, 15) is 13.2 Å². The Balaban J connectivity index is 3.00. The standard InChI is InChI=1S/C13H16N2O4S/c1-3-15(8-7-13(16)19-2)20(17,18)12-6-4-5-11(9-12)10-14/h4-6,9H,3,7-8H2,1-2H3. The number of nitriles is 1. The molecule has 20 heavy (non-hydrogen) atoms. The van der Waals surface area contributed by atoms with E-state index in [2.05, 4.69) is 4.74 Å². The van der Waals surface area contributed by atoms with Gasteiger partial charge in [0.05, 0.1) is 30.1 Å². The summed E-state index contributed by atoms with van der Waals surface area (Å²) in [6, 6.07) is 7.69. The molecule has 0 saturated carbocycles. The molecule has 0 bridgehead atoms. The molecule has 0 aliphatic carbocycles. The van der Waals surface area contributed by atoms with Gasteiger partial charge < -0.3 is 4.74 Å². The Hall–Kier alpha value is -1.91. The number of carbonyl (C=O) groups excluding carboxylic acids is 1. The van der Waals surface area contributed by atoms with Crippen LogP contribution in [0.2, 0.25) is 0 Å². The minimum absolute atomic E-state index is 0.0124. The number of carbonyl (C=O) groups is 1. The first kappa shape index (κ1) is 16.1. The SMILES string of the molecule is CCN(CCC(=O)OC)S(=O)(=O)c1cccc(C#N)c1. The Morgan fingerprint density at radius 3 is 2.70 bits per heavy atom. The van der Waals surface area contributed by atoms with Crippen LogP contribution in [0.4, 0.5) is 0 Å². The van der Waals surface area contributed by atoms with E-state index >= 15 is 0 Å². The molecule has 7 heteroatoms. The van der Waals surface area contributed by atoms with Gasteiger partial charge in [0.25, 0.3) is 0 Å². The van der Waals surface area contributed by atoms with Gasteiger partial charge in [-0.05, 0) is 18.2 Å². The molecule has 0 amide bonds. The molecule has 0 fully saturated rings. The molecular formula is C13H16N2O4S. The number of ether oxygens (including phenoxy) is 1. The molecule has 1 aromatic carbocycles. The van der Waals surface area contributed by atoms with Crippen LogP contribution in [-0.4, -0.2) is 38.9 Å². The van der Waals surface area contributed by atoms with Gasteiger partial charge >= 0.3 is 5.97 Å². The zero-order chi connectivity index (χ0) is 15.2. The Kier molecular flexibility index (Phi) is 5.67. The largest absolute Gasteiger partial charge is 0.469 e. The van der Waals surface area contributed by atoms with Crippen molar-refractivity contribution in [3.05, 3.63) is 29.8 Å². The smallest absolute Gasteiger partial charge is 0.306 e. The Bertz CT molecular complexity index is 620. The summed E-state index contributed by atoms with van der Waals surface area (Å²) in [5.41, 5.74) is 0.273.